The van der Waals surface area contributed by atoms with Crippen molar-refractivity contribution in [3.63, 3.8) is 0 Å². The molecule has 1 aromatic heterocycles. The molecule has 1 saturated heterocycles. The maximum absolute atomic E-state index is 12.7. The maximum atomic E-state index is 12.7. The number of benzene rings is 2. The van der Waals surface area contributed by atoms with E-state index in [2.05, 4.69) is 10.1 Å². The molecule has 0 aliphatic carbocycles. The van der Waals surface area contributed by atoms with Gasteiger partial charge in [-0.05, 0) is 49.2 Å². The molecule has 1 fully saturated rings. The predicted molar refractivity (Wildman–Crippen MR) is 110 cm³/mol. The quantitative estimate of drug-likeness (QED) is 0.567. The predicted octanol–water partition coefficient (Wildman–Crippen LogP) is 3.50. The van der Waals surface area contributed by atoms with E-state index in [1.807, 2.05) is 24.3 Å². The van der Waals surface area contributed by atoms with Crippen molar-refractivity contribution in [2.75, 3.05) is 20.2 Å². The third-order valence-electron chi connectivity index (χ3n) is 4.93. The molecule has 0 spiro atoms. The van der Waals surface area contributed by atoms with E-state index in [1.165, 1.54) is 0 Å². The first-order valence-corrected chi connectivity index (χ1v) is 11.2. The van der Waals surface area contributed by atoms with Crippen molar-refractivity contribution in [3.8, 4) is 22.9 Å². The highest BCUT2D eigenvalue weighted by Gasteiger charge is 2.25. The fourth-order valence-corrected chi connectivity index (χ4v) is 4.82. The fourth-order valence-electron chi connectivity index (χ4n) is 3.30. The molecule has 0 amide bonds. The molecule has 0 radical (unpaired) electrons. The summed E-state index contributed by atoms with van der Waals surface area (Å²) in [6.07, 6.45) is 2.89. The summed E-state index contributed by atoms with van der Waals surface area (Å²) in [7, 11) is -1.86. The fraction of sp³-hybridized carbons (Fsp3) is 0.333. The summed E-state index contributed by atoms with van der Waals surface area (Å²) in [6.45, 7) is 1.23. The molecule has 0 unspecified atom stereocenters. The summed E-state index contributed by atoms with van der Waals surface area (Å²) in [5, 5.41) is 3.97. The van der Waals surface area contributed by atoms with Crippen molar-refractivity contribution in [2.24, 2.45) is 0 Å². The van der Waals surface area contributed by atoms with E-state index in [-0.39, 0.29) is 11.5 Å². The number of nitrogens with zero attached hydrogens (tertiary/aromatic N) is 3. The zero-order chi connectivity index (χ0) is 21.0. The molecule has 3 aromatic rings. The number of sulfonamides is 1. The number of hydrogen-bond acceptors (Lipinski definition) is 7. The first-order chi connectivity index (χ1) is 14.6. The van der Waals surface area contributed by atoms with Crippen LogP contribution in [0.2, 0.25) is 0 Å². The van der Waals surface area contributed by atoms with Crippen molar-refractivity contribution in [3.05, 3.63) is 54.4 Å². The maximum Gasteiger partial charge on any atom is 0.264 e. The molecule has 0 bridgehead atoms. The van der Waals surface area contributed by atoms with E-state index in [4.69, 9.17) is 14.0 Å². The SMILES string of the molecule is COc1cccc(-c2noc(COc3ccc(S(=O)(=O)N4CCCCC4)cc3)n2)c1. The molecule has 1 aliphatic heterocycles. The van der Waals surface area contributed by atoms with Crippen molar-refractivity contribution in [1.82, 2.24) is 14.4 Å². The van der Waals surface area contributed by atoms with Crippen LogP contribution in [-0.4, -0.2) is 43.1 Å². The topological polar surface area (TPSA) is 94.8 Å². The smallest absolute Gasteiger partial charge is 0.264 e. The van der Waals surface area contributed by atoms with Crippen LogP contribution in [0, 0.1) is 0 Å². The Morgan fingerprint density at radius 3 is 2.53 bits per heavy atom. The van der Waals surface area contributed by atoms with Gasteiger partial charge in [-0.3, -0.25) is 0 Å². The number of rotatable bonds is 7. The van der Waals surface area contributed by atoms with Crippen LogP contribution in [0.4, 0.5) is 0 Å². The Morgan fingerprint density at radius 2 is 1.80 bits per heavy atom. The molecule has 2 aromatic carbocycles. The second-order valence-electron chi connectivity index (χ2n) is 6.97. The molecular weight excluding hydrogens is 406 g/mol. The standard InChI is InChI=1S/C21H23N3O5S/c1-27-18-7-5-6-16(14-18)21-22-20(29-23-21)15-28-17-8-10-19(11-9-17)30(25,26)24-12-3-2-4-13-24/h5-11,14H,2-4,12-13,15H2,1H3. The average molecular weight is 429 g/mol. The average Bonchev–Trinajstić information content (AvgIpc) is 3.28. The Balaban J connectivity index is 1.39. The van der Waals surface area contributed by atoms with Crippen molar-refractivity contribution in [2.45, 2.75) is 30.8 Å². The Labute approximate surface area is 175 Å². The number of methoxy groups -OCH3 is 1. The number of ether oxygens (including phenoxy) is 2. The lowest BCUT2D eigenvalue weighted by Crippen LogP contribution is -2.35. The van der Waals surface area contributed by atoms with Crippen LogP contribution >= 0.6 is 0 Å². The van der Waals surface area contributed by atoms with Gasteiger partial charge in [0.25, 0.3) is 5.89 Å². The van der Waals surface area contributed by atoms with Gasteiger partial charge in [0.1, 0.15) is 11.5 Å². The lowest BCUT2D eigenvalue weighted by atomic mass is 10.2. The second kappa shape index (κ2) is 8.85. The Bertz CT molecular complexity index is 1090. The van der Waals surface area contributed by atoms with Gasteiger partial charge in [0.05, 0.1) is 12.0 Å². The van der Waals surface area contributed by atoms with E-state index < -0.39 is 10.0 Å². The van der Waals surface area contributed by atoms with Gasteiger partial charge >= 0.3 is 0 Å². The van der Waals surface area contributed by atoms with Crippen molar-refractivity contribution < 1.29 is 22.4 Å². The van der Waals surface area contributed by atoms with Gasteiger partial charge in [0.15, 0.2) is 6.61 Å². The molecule has 2 heterocycles. The molecule has 158 valence electrons. The Morgan fingerprint density at radius 1 is 1.03 bits per heavy atom. The molecule has 4 rings (SSSR count). The highest BCUT2D eigenvalue weighted by Crippen LogP contribution is 2.24. The van der Waals surface area contributed by atoms with Gasteiger partial charge in [-0.15, -0.1) is 0 Å². The van der Waals surface area contributed by atoms with E-state index in [0.717, 1.165) is 24.8 Å². The van der Waals surface area contributed by atoms with Crippen LogP contribution in [0.15, 0.2) is 57.9 Å². The molecule has 0 saturated carbocycles. The van der Waals surface area contributed by atoms with Gasteiger partial charge in [-0.25, -0.2) is 8.42 Å². The van der Waals surface area contributed by atoms with E-state index in [9.17, 15) is 8.42 Å². The van der Waals surface area contributed by atoms with Gasteiger partial charge in [0, 0.05) is 18.7 Å². The van der Waals surface area contributed by atoms with E-state index in [0.29, 0.717) is 36.3 Å². The molecule has 1 aliphatic rings. The zero-order valence-electron chi connectivity index (χ0n) is 16.7. The largest absolute Gasteiger partial charge is 0.497 e. The molecular formula is C21H23N3O5S. The highest BCUT2D eigenvalue weighted by atomic mass is 32.2. The summed E-state index contributed by atoms with van der Waals surface area (Å²) in [5.41, 5.74) is 0.775. The summed E-state index contributed by atoms with van der Waals surface area (Å²) in [6, 6.07) is 13.8. The first-order valence-electron chi connectivity index (χ1n) is 9.76. The lowest BCUT2D eigenvalue weighted by Gasteiger charge is -2.25. The van der Waals surface area contributed by atoms with Crippen LogP contribution in [0.1, 0.15) is 25.2 Å². The molecule has 9 heteroatoms. The molecule has 0 N–H and O–H groups in total. The van der Waals surface area contributed by atoms with Gasteiger partial charge in [-0.2, -0.15) is 9.29 Å². The summed E-state index contributed by atoms with van der Waals surface area (Å²) < 4.78 is 43.1. The third-order valence-corrected chi connectivity index (χ3v) is 6.85. The van der Waals surface area contributed by atoms with Crippen LogP contribution < -0.4 is 9.47 Å². The Hall–Kier alpha value is -2.91. The van der Waals surface area contributed by atoms with Crippen LogP contribution in [-0.2, 0) is 16.6 Å². The normalized spacial score (nSPS) is 15.1. The third kappa shape index (κ3) is 4.47. The minimum Gasteiger partial charge on any atom is -0.497 e. The molecule has 30 heavy (non-hydrogen) atoms. The number of aromatic nitrogens is 2. The van der Waals surface area contributed by atoms with Gasteiger partial charge in [-0.1, -0.05) is 23.7 Å². The highest BCUT2D eigenvalue weighted by molar-refractivity contribution is 7.89. The van der Waals surface area contributed by atoms with Gasteiger partial charge in [0.2, 0.25) is 15.8 Å². The summed E-state index contributed by atoms with van der Waals surface area (Å²) in [4.78, 5) is 4.60. The monoisotopic (exact) mass is 429 g/mol. The minimum atomic E-state index is -3.45. The lowest BCUT2D eigenvalue weighted by molar-refractivity contribution is 0.243. The van der Waals surface area contributed by atoms with Crippen LogP contribution in [0.5, 0.6) is 11.5 Å². The van der Waals surface area contributed by atoms with E-state index in [1.54, 1.807) is 35.7 Å². The minimum absolute atomic E-state index is 0.0786. The molecule has 8 nitrogen and oxygen atoms in total. The zero-order valence-corrected chi connectivity index (χ0v) is 17.5. The molecule has 0 atom stereocenters. The van der Waals surface area contributed by atoms with E-state index >= 15 is 0 Å². The number of hydrogen-bond donors (Lipinski definition) is 0. The van der Waals surface area contributed by atoms with Crippen LogP contribution in [0.25, 0.3) is 11.4 Å². The van der Waals surface area contributed by atoms with Crippen molar-refractivity contribution >= 4 is 10.0 Å². The van der Waals surface area contributed by atoms with Crippen molar-refractivity contribution in [1.29, 1.82) is 0 Å². The first kappa shape index (κ1) is 20.4. The van der Waals surface area contributed by atoms with Crippen LogP contribution in [0.3, 0.4) is 0 Å². The number of piperidine rings is 1. The van der Waals surface area contributed by atoms with Gasteiger partial charge < -0.3 is 14.0 Å². The Kier molecular flexibility index (Phi) is 6.01. The second-order valence-corrected chi connectivity index (χ2v) is 8.91. The summed E-state index contributed by atoms with van der Waals surface area (Å²) in [5.74, 6) is 1.98. The summed E-state index contributed by atoms with van der Waals surface area (Å²) >= 11 is 0.